The van der Waals surface area contributed by atoms with Gasteiger partial charge in [-0.1, -0.05) is 42.8 Å². The lowest BCUT2D eigenvalue weighted by Crippen LogP contribution is -2.26. The van der Waals surface area contributed by atoms with E-state index in [2.05, 4.69) is 19.1 Å². The molecule has 0 amide bonds. The van der Waals surface area contributed by atoms with Crippen LogP contribution in [-0.2, 0) is 11.2 Å². The van der Waals surface area contributed by atoms with E-state index in [0.717, 1.165) is 12.8 Å². The van der Waals surface area contributed by atoms with E-state index in [1.165, 1.54) is 11.1 Å². The molecule has 0 heterocycles. The highest BCUT2D eigenvalue weighted by atomic mass is 16.1. The maximum absolute atomic E-state index is 11.9. The van der Waals surface area contributed by atoms with Crippen molar-refractivity contribution in [3.05, 3.63) is 47.5 Å². The van der Waals surface area contributed by atoms with Gasteiger partial charge in [0.1, 0.15) is 0 Å². The first kappa shape index (κ1) is 11.1. The molecule has 0 saturated carbocycles. The summed E-state index contributed by atoms with van der Waals surface area (Å²) in [6, 6.07) is 10.3. The third kappa shape index (κ3) is 2.41. The molecule has 0 radical (unpaired) electrons. The van der Waals surface area contributed by atoms with E-state index < -0.39 is 0 Å². The number of rotatable bonds is 2. The van der Waals surface area contributed by atoms with Crippen LogP contribution in [0.25, 0.3) is 0 Å². The van der Waals surface area contributed by atoms with Gasteiger partial charge in [-0.15, -0.1) is 0 Å². The minimum absolute atomic E-state index is 0.172. The summed E-state index contributed by atoms with van der Waals surface area (Å²) in [6.07, 6.45) is 3.77. The predicted molar refractivity (Wildman–Crippen MR) is 66.2 cm³/mol. The molecule has 0 fully saturated rings. The van der Waals surface area contributed by atoms with Crippen molar-refractivity contribution < 1.29 is 4.79 Å². The molecular weight excluding hydrogens is 196 g/mol. The van der Waals surface area contributed by atoms with Crippen LogP contribution in [0.5, 0.6) is 0 Å². The molecule has 84 valence electrons. The van der Waals surface area contributed by atoms with Crippen molar-refractivity contribution in [1.29, 1.82) is 0 Å². The van der Waals surface area contributed by atoms with Crippen LogP contribution < -0.4 is 0 Å². The zero-order valence-corrected chi connectivity index (χ0v) is 9.94. The quantitative estimate of drug-likeness (QED) is 0.737. The summed E-state index contributed by atoms with van der Waals surface area (Å²) < 4.78 is 0. The molecule has 1 aromatic carbocycles. The molecular formula is C15H18O. The molecule has 1 aliphatic rings. The number of ketones is 1. The van der Waals surface area contributed by atoms with Crippen LogP contribution in [0.15, 0.2) is 42.0 Å². The smallest absolute Gasteiger partial charge is 0.159 e. The van der Waals surface area contributed by atoms with E-state index in [-0.39, 0.29) is 5.92 Å². The van der Waals surface area contributed by atoms with Gasteiger partial charge in [0, 0.05) is 5.92 Å². The lowest BCUT2D eigenvalue weighted by Gasteiger charge is -2.26. The van der Waals surface area contributed by atoms with E-state index >= 15 is 0 Å². The Bertz CT molecular complexity index is 403. The summed E-state index contributed by atoms with van der Waals surface area (Å²) in [5.74, 6) is 0.948. The van der Waals surface area contributed by atoms with Gasteiger partial charge in [0.25, 0.3) is 0 Å². The number of benzene rings is 1. The van der Waals surface area contributed by atoms with E-state index in [1.807, 2.05) is 31.2 Å². The maximum atomic E-state index is 11.9. The fourth-order valence-electron chi connectivity index (χ4n) is 2.51. The zero-order valence-electron chi connectivity index (χ0n) is 9.94. The Kier molecular flexibility index (Phi) is 3.23. The Labute approximate surface area is 97.2 Å². The topological polar surface area (TPSA) is 17.1 Å². The lowest BCUT2D eigenvalue weighted by molar-refractivity contribution is -0.120. The highest BCUT2D eigenvalue weighted by molar-refractivity contribution is 5.93. The molecule has 1 heteroatoms. The van der Waals surface area contributed by atoms with Crippen molar-refractivity contribution in [2.24, 2.45) is 11.8 Å². The van der Waals surface area contributed by atoms with Crippen molar-refractivity contribution >= 4 is 5.78 Å². The fraction of sp³-hybridized carbons (Fsp3) is 0.400. The highest BCUT2D eigenvalue weighted by Crippen LogP contribution is 2.29. The van der Waals surface area contributed by atoms with Crippen molar-refractivity contribution in [3.8, 4) is 0 Å². The molecule has 2 atom stereocenters. The van der Waals surface area contributed by atoms with Crippen LogP contribution in [0.4, 0.5) is 0 Å². The summed E-state index contributed by atoms with van der Waals surface area (Å²) in [7, 11) is 0. The fourth-order valence-corrected chi connectivity index (χ4v) is 2.51. The summed E-state index contributed by atoms with van der Waals surface area (Å²) in [5.41, 5.74) is 2.49. The summed E-state index contributed by atoms with van der Waals surface area (Å²) >= 11 is 0. The van der Waals surface area contributed by atoms with Gasteiger partial charge >= 0.3 is 0 Å². The number of carbonyl (C=O) groups is 1. The first-order valence-corrected chi connectivity index (χ1v) is 5.92. The molecule has 1 aromatic rings. The molecule has 0 N–H and O–H groups in total. The van der Waals surface area contributed by atoms with Gasteiger partial charge in [-0.2, -0.15) is 0 Å². The lowest BCUT2D eigenvalue weighted by atomic mass is 9.77. The van der Waals surface area contributed by atoms with Crippen molar-refractivity contribution in [2.45, 2.75) is 26.7 Å². The van der Waals surface area contributed by atoms with Gasteiger partial charge in [0.2, 0.25) is 0 Å². The molecule has 2 unspecified atom stereocenters. The van der Waals surface area contributed by atoms with Crippen molar-refractivity contribution in [2.75, 3.05) is 0 Å². The van der Waals surface area contributed by atoms with Gasteiger partial charge < -0.3 is 0 Å². The molecule has 2 rings (SSSR count). The molecule has 0 aromatic heterocycles. The maximum Gasteiger partial charge on any atom is 0.159 e. The third-order valence-corrected chi connectivity index (χ3v) is 3.38. The number of allylic oxidation sites excluding steroid dienone is 2. The Morgan fingerprint density at radius 3 is 2.56 bits per heavy atom. The molecule has 1 aliphatic carbocycles. The second kappa shape index (κ2) is 4.65. The van der Waals surface area contributed by atoms with E-state index in [1.54, 1.807) is 0 Å². The first-order valence-electron chi connectivity index (χ1n) is 5.92. The van der Waals surface area contributed by atoms with E-state index in [0.29, 0.717) is 11.7 Å². The average Bonchev–Trinajstić information content (AvgIpc) is 2.25. The third-order valence-electron chi connectivity index (χ3n) is 3.38. The molecule has 0 aliphatic heterocycles. The number of hydrogen-bond acceptors (Lipinski definition) is 1. The van der Waals surface area contributed by atoms with Gasteiger partial charge in [-0.3, -0.25) is 4.79 Å². The average molecular weight is 214 g/mol. The summed E-state index contributed by atoms with van der Waals surface area (Å²) in [6.45, 7) is 4.23. The van der Waals surface area contributed by atoms with Gasteiger partial charge in [-0.25, -0.2) is 0 Å². The van der Waals surface area contributed by atoms with Crippen molar-refractivity contribution in [3.63, 3.8) is 0 Å². The monoisotopic (exact) mass is 214 g/mol. The molecule has 0 spiro atoms. The van der Waals surface area contributed by atoms with Gasteiger partial charge in [0.05, 0.1) is 0 Å². The Morgan fingerprint density at radius 1 is 1.25 bits per heavy atom. The largest absolute Gasteiger partial charge is 0.295 e. The Hall–Kier alpha value is -1.37. The second-order valence-corrected chi connectivity index (χ2v) is 4.87. The van der Waals surface area contributed by atoms with E-state index in [9.17, 15) is 4.79 Å². The van der Waals surface area contributed by atoms with Crippen LogP contribution >= 0.6 is 0 Å². The highest BCUT2D eigenvalue weighted by Gasteiger charge is 2.27. The van der Waals surface area contributed by atoms with Crippen LogP contribution in [-0.4, -0.2) is 5.78 Å². The molecule has 0 bridgehead atoms. The van der Waals surface area contributed by atoms with Crippen LogP contribution in [0, 0.1) is 11.8 Å². The molecule has 16 heavy (non-hydrogen) atoms. The Balaban J connectivity index is 2.13. The Morgan fingerprint density at radius 2 is 1.94 bits per heavy atom. The first-order chi connectivity index (χ1) is 7.66. The second-order valence-electron chi connectivity index (χ2n) is 4.87. The molecule has 0 saturated heterocycles. The minimum Gasteiger partial charge on any atom is -0.295 e. The zero-order chi connectivity index (χ0) is 11.5. The number of hydrogen-bond donors (Lipinski definition) is 0. The molecule has 1 nitrogen and oxygen atoms in total. The van der Waals surface area contributed by atoms with Gasteiger partial charge in [-0.05, 0) is 37.3 Å². The van der Waals surface area contributed by atoms with Crippen LogP contribution in [0.3, 0.4) is 0 Å². The van der Waals surface area contributed by atoms with E-state index in [4.69, 9.17) is 0 Å². The normalized spacial score (nSPS) is 25.4. The van der Waals surface area contributed by atoms with Crippen molar-refractivity contribution in [1.82, 2.24) is 0 Å². The minimum atomic E-state index is 0.172. The van der Waals surface area contributed by atoms with Crippen LogP contribution in [0.1, 0.15) is 25.8 Å². The standard InChI is InChI=1S/C15H18O/c1-11-8-12(2)14(15(16)9-11)10-13-6-4-3-5-7-13/h3-7,9,12,14H,8,10H2,1-2H3. The number of carbonyl (C=O) groups excluding carboxylic acids is 1. The summed E-state index contributed by atoms with van der Waals surface area (Å²) in [4.78, 5) is 11.9. The summed E-state index contributed by atoms with van der Waals surface area (Å²) in [5, 5.41) is 0. The van der Waals surface area contributed by atoms with Crippen LogP contribution in [0.2, 0.25) is 0 Å². The van der Waals surface area contributed by atoms with Gasteiger partial charge in [0.15, 0.2) is 5.78 Å². The SMILES string of the molecule is CC1=CC(=O)C(Cc2ccccc2)C(C)C1. The predicted octanol–water partition coefficient (Wildman–Crippen LogP) is 3.40.